The second-order valence-electron chi connectivity index (χ2n) is 7.64. The van der Waals surface area contributed by atoms with Crippen LogP contribution in [0.5, 0.6) is 5.75 Å². The van der Waals surface area contributed by atoms with E-state index in [2.05, 4.69) is 5.32 Å². The number of nitrogens with one attached hydrogen (secondary N) is 1. The molecule has 1 fully saturated rings. The van der Waals surface area contributed by atoms with Crippen molar-refractivity contribution in [2.75, 3.05) is 32.1 Å². The Bertz CT molecular complexity index is 1100. The van der Waals surface area contributed by atoms with Crippen molar-refractivity contribution < 1.29 is 31.9 Å². The van der Waals surface area contributed by atoms with Crippen molar-refractivity contribution in [3.63, 3.8) is 0 Å². The summed E-state index contributed by atoms with van der Waals surface area (Å²) in [4.78, 5) is 24.0. The van der Waals surface area contributed by atoms with E-state index in [0.717, 1.165) is 17.7 Å². The van der Waals surface area contributed by atoms with Gasteiger partial charge in [0.25, 0.3) is 0 Å². The molecule has 0 bridgehead atoms. The molecule has 8 nitrogen and oxygen atoms in total. The molecule has 0 unspecified atom stereocenters. The fourth-order valence-corrected chi connectivity index (χ4v) is 5.32. The van der Waals surface area contributed by atoms with Crippen LogP contribution < -0.4 is 10.1 Å². The number of carbonyl (C=O) groups is 2. The molecular weight excluding hydrogens is 451 g/mol. The average molecular weight is 479 g/mol. The van der Waals surface area contributed by atoms with Gasteiger partial charge in [-0.05, 0) is 55.7 Å². The van der Waals surface area contributed by atoms with Gasteiger partial charge in [0, 0.05) is 24.7 Å². The predicted octanol–water partition coefficient (Wildman–Crippen LogP) is 2.98. The van der Waals surface area contributed by atoms with Gasteiger partial charge in [-0.3, -0.25) is 9.59 Å². The number of piperidine rings is 1. The van der Waals surface area contributed by atoms with Gasteiger partial charge in [0.05, 0.1) is 20.1 Å². The number of benzene rings is 2. The first-order valence-electron chi connectivity index (χ1n) is 10.6. The summed E-state index contributed by atoms with van der Waals surface area (Å²) < 4.78 is 50.9. The van der Waals surface area contributed by atoms with Crippen LogP contribution in [0.25, 0.3) is 0 Å². The maximum Gasteiger partial charge on any atom is 0.310 e. The number of hydrogen-bond donors (Lipinski definition) is 1. The lowest BCUT2D eigenvalue weighted by Crippen LogP contribution is -2.41. The number of methoxy groups -OCH3 is 1. The van der Waals surface area contributed by atoms with E-state index < -0.39 is 15.8 Å². The topological polar surface area (TPSA) is 102 Å². The minimum Gasteiger partial charge on any atom is -0.495 e. The number of rotatable bonds is 8. The summed E-state index contributed by atoms with van der Waals surface area (Å²) >= 11 is 0. The summed E-state index contributed by atoms with van der Waals surface area (Å²) in [6, 6.07) is 10.3. The molecule has 10 heteroatoms. The van der Waals surface area contributed by atoms with Gasteiger partial charge >= 0.3 is 5.97 Å². The van der Waals surface area contributed by atoms with Crippen molar-refractivity contribution in [1.29, 1.82) is 0 Å². The van der Waals surface area contributed by atoms with Gasteiger partial charge < -0.3 is 14.8 Å². The molecule has 0 spiro atoms. The van der Waals surface area contributed by atoms with E-state index in [9.17, 15) is 22.4 Å². The van der Waals surface area contributed by atoms with Gasteiger partial charge in [-0.1, -0.05) is 12.1 Å². The summed E-state index contributed by atoms with van der Waals surface area (Å²) in [5, 5.41) is 2.84. The number of hydrogen-bond acceptors (Lipinski definition) is 6. The van der Waals surface area contributed by atoms with Crippen LogP contribution in [0.4, 0.5) is 10.1 Å². The van der Waals surface area contributed by atoms with Crippen molar-refractivity contribution in [2.45, 2.75) is 31.1 Å². The Labute approximate surface area is 192 Å². The van der Waals surface area contributed by atoms with Gasteiger partial charge in [-0.15, -0.1) is 0 Å². The molecule has 1 amide bonds. The summed E-state index contributed by atoms with van der Waals surface area (Å²) in [7, 11) is -2.63. The van der Waals surface area contributed by atoms with Crippen LogP contribution in [0, 0.1) is 11.7 Å². The number of esters is 1. The molecule has 1 N–H and O–H groups in total. The first-order chi connectivity index (χ1) is 15.7. The fourth-order valence-electron chi connectivity index (χ4n) is 3.68. The van der Waals surface area contributed by atoms with Crippen molar-refractivity contribution in [2.24, 2.45) is 5.92 Å². The van der Waals surface area contributed by atoms with E-state index in [1.807, 2.05) is 0 Å². The highest BCUT2D eigenvalue weighted by Gasteiger charge is 2.34. The summed E-state index contributed by atoms with van der Waals surface area (Å²) in [6.45, 7) is 2.34. The quantitative estimate of drug-likeness (QED) is 0.586. The Hall–Kier alpha value is -2.98. The van der Waals surface area contributed by atoms with E-state index in [1.165, 1.54) is 17.5 Å². The van der Waals surface area contributed by atoms with Crippen LogP contribution in [0.1, 0.15) is 25.3 Å². The standard InChI is InChI=1S/C23H27FN2O6S/c1-3-32-22(27)14-16-4-7-19(8-5-16)25-23(28)17-10-12-26(13-11-17)33(29,30)21-15-18(24)6-9-20(21)31-2/h4-9,15,17H,3,10-14H2,1-2H3,(H,25,28). The second-order valence-corrected chi connectivity index (χ2v) is 9.55. The van der Waals surface area contributed by atoms with Crippen LogP contribution in [0.15, 0.2) is 47.4 Å². The second kappa shape index (κ2) is 10.8. The summed E-state index contributed by atoms with van der Waals surface area (Å²) in [5.74, 6) is -1.47. The molecule has 178 valence electrons. The Balaban J connectivity index is 1.58. The normalized spacial score (nSPS) is 15.1. The van der Waals surface area contributed by atoms with Crippen molar-refractivity contribution in [3.05, 3.63) is 53.8 Å². The number of halogens is 1. The van der Waals surface area contributed by atoms with Gasteiger partial charge in [-0.2, -0.15) is 4.31 Å². The van der Waals surface area contributed by atoms with Crippen LogP contribution >= 0.6 is 0 Å². The fraction of sp³-hybridized carbons (Fsp3) is 0.391. The minimum absolute atomic E-state index is 0.0719. The third kappa shape index (κ3) is 6.08. The molecule has 0 aromatic heterocycles. The zero-order valence-corrected chi connectivity index (χ0v) is 19.4. The zero-order valence-electron chi connectivity index (χ0n) is 18.5. The number of anilines is 1. The lowest BCUT2D eigenvalue weighted by Gasteiger charge is -2.30. The third-order valence-electron chi connectivity index (χ3n) is 5.44. The Morgan fingerprint density at radius 1 is 1.12 bits per heavy atom. The first-order valence-corrected chi connectivity index (χ1v) is 12.1. The van der Waals surface area contributed by atoms with Crippen LogP contribution in [-0.4, -0.2) is 51.4 Å². The molecule has 1 heterocycles. The number of nitrogens with zero attached hydrogens (tertiary/aromatic N) is 1. The highest BCUT2D eigenvalue weighted by atomic mass is 32.2. The van der Waals surface area contributed by atoms with Gasteiger partial charge in [0.15, 0.2) is 0 Å². The molecular formula is C23H27FN2O6S. The smallest absolute Gasteiger partial charge is 0.310 e. The van der Waals surface area contributed by atoms with Gasteiger partial charge in [-0.25, -0.2) is 12.8 Å². The zero-order chi connectivity index (χ0) is 24.0. The highest BCUT2D eigenvalue weighted by Crippen LogP contribution is 2.30. The molecule has 0 aliphatic carbocycles. The molecule has 1 aliphatic rings. The molecule has 33 heavy (non-hydrogen) atoms. The molecule has 0 saturated carbocycles. The Morgan fingerprint density at radius 2 is 1.79 bits per heavy atom. The minimum atomic E-state index is -3.96. The highest BCUT2D eigenvalue weighted by molar-refractivity contribution is 7.89. The number of ether oxygens (including phenoxy) is 2. The van der Waals surface area contributed by atoms with Crippen LogP contribution in [0.3, 0.4) is 0 Å². The number of amides is 1. The molecule has 1 saturated heterocycles. The third-order valence-corrected chi connectivity index (χ3v) is 7.36. The van der Waals surface area contributed by atoms with Gasteiger partial charge in [0.2, 0.25) is 15.9 Å². The average Bonchev–Trinajstić information content (AvgIpc) is 2.80. The Kier molecular flexibility index (Phi) is 8.04. The van der Waals surface area contributed by atoms with E-state index in [0.29, 0.717) is 25.1 Å². The van der Waals surface area contributed by atoms with Crippen LogP contribution in [0.2, 0.25) is 0 Å². The Morgan fingerprint density at radius 3 is 2.39 bits per heavy atom. The largest absolute Gasteiger partial charge is 0.495 e. The summed E-state index contributed by atoms with van der Waals surface area (Å²) in [5.41, 5.74) is 1.37. The van der Waals surface area contributed by atoms with Crippen molar-refractivity contribution in [1.82, 2.24) is 4.31 Å². The van der Waals surface area contributed by atoms with E-state index in [1.54, 1.807) is 31.2 Å². The predicted molar refractivity (Wildman–Crippen MR) is 120 cm³/mol. The van der Waals surface area contributed by atoms with Gasteiger partial charge in [0.1, 0.15) is 16.5 Å². The first kappa shape index (κ1) is 24.7. The van der Waals surface area contributed by atoms with E-state index in [4.69, 9.17) is 9.47 Å². The molecule has 2 aromatic rings. The van der Waals surface area contributed by atoms with Crippen LogP contribution in [-0.2, 0) is 30.8 Å². The SMILES string of the molecule is CCOC(=O)Cc1ccc(NC(=O)C2CCN(S(=O)(=O)c3cc(F)ccc3OC)CC2)cc1. The lowest BCUT2D eigenvalue weighted by molar-refractivity contribution is -0.142. The molecule has 2 aromatic carbocycles. The maximum atomic E-state index is 13.7. The molecule has 1 aliphatic heterocycles. The van der Waals surface area contributed by atoms with E-state index >= 15 is 0 Å². The number of sulfonamides is 1. The molecule has 0 atom stereocenters. The monoisotopic (exact) mass is 478 g/mol. The van der Waals surface area contributed by atoms with Crippen molar-refractivity contribution in [3.8, 4) is 5.75 Å². The maximum absolute atomic E-state index is 13.7. The lowest BCUT2D eigenvalue weighted by atomic mass is 9.97. The summed E-state index contributed by atoms with van der Waals surface area (Å²) in [6.07, 6.45) is 0.832. The number of carbonyl (C=O) groups excluding carboxylic acids is 2. The molecule has 0 radical (unpaired) electrons. The van der Waals surface area contributed by atoms with Crippen molar-refractivity contribution >= 4 is 27.6 Å². The molecule has 3 rings (SSSR count). The van der Waals surface area contributed by atoms with E-state index in [-0.39, 0.29) is 47.9 Å².